The summed E-state index contributed by atoms with van der Waals surface area (Å²) < 4.78 is 5.39. The molecule has 0 aliphatic carbocycles. The predicted octanol–water partition coefficient (Wildman–Crippen LogP) is -0.236. The first-order chi connectivity index (χ1) is 4.77. The van der Waals surface area contributed by atoms with Crippen molar-refractivity contribution in [2.24, 2.45) is 5.73 Å². The van der Waals surface area contributed by atoms with Crippen molar-refractivity contribution in [3.05, 3.63) is 0 Å². The number of nitrogens with two attached hydrogens (primary N) is 1. The van der Waals surface area contributed by atoms with E-state index in [1.54, 1.807) is 0 Å². The Bertz CT molecular complexity index is 140. The maximum Gasteiger partial charge on any atom is 0.137 e. The number of likely N-dealkylation sites (tertiary alicyclic amines) is 1. The molecule has 2 rings (SSSR count). The standard InChI is InChI=1S/C7H14N2O/c1-9-3-2-5(8)4-6-7(9)10-6/h5-7H,2-4,8H2,1H3. The zero-order chi connectivity index (χ0) is 7.14. The van der Waals surface area contributed by atoms with Crippen molar-refractivity contribution < 1.29 is 4.74 Å². The van der Waals surface area contributed by atoms with Gasteiger partial charge in [0.25, 0.3) is 0 Å². The lowest BCUT2D eigenvalue weighted by Crippen LogP contribution is -2.26. The van der Waals surface area contributed by atoms with Gasteiger partial charge in [-0.15, -0.1) is 0 Å². The SMILES string of the molecule is CN1CCC(N)CC2OC21. The third kappa shape index (κ3) is 1.05. The molecule has 0 aromatic heterocycles. The molecule has 0 radical (unpaired) electrons. The molecule has 3 unspecified atom stereocenters. The van der Waals surface area contributed by atoms with Gasteiger partial charge >= 0.3 is 0 Å². The molecule has 0 aromatic rings. The first-order valence-corrected chi connectivity index (χ1v) is 3.88. The van der Waals surface area contributed by atoms with Crippen LogP contribution in [0.1, 0.15) is 12.8 Å². The van der Waals surface area contributed by atoms with Crippen LogP contribution < -0.4 is 5.73 Å². The predicted molar refractivity (Wildman–Crippen MR) is 38.5 cm³/mol. The van der Waals surface area contributed by atoms with Crippen molar-refractivity contribution in [2.75, 3.05) is 13.6 Å². The molecule has 2 saturated heterocycles. The number of rotatable bonds is 0. The van der Waals surface area contributed by atoms with Crippen LogP contribution in [0.4, 0.5) is 0 Å². The Labute approximate surface area is 61.1 Å². The van der Waals surface area contributed by atoms with Gasteiger partial charge in [-0.05, 0) is 19.9 Å². The van der Waals surface area contributed by atoms with E-state index in [1.807, 2.05) is 0 Å². The quantitative estimate of drug-likeness (QED) is 0.475. The topological polar surface area (TPSA) is 41.8 Å². The lowest BCUT2D eigenvalue weighted by molar-refractivity contribution is 0.196. The van der Waals surface area contributed by atoms with Gasteiger partial charge in [-0.3, -0.25) is 4.90 Å². The van der Waals surface area contributed by atoms with Crippen LogP contribution in [-0.4, -0.2) is 36.9 Å². The van der Waals surface area contributed by atoms with Crippen molar-refractivity contribution in [1.82, 2.24) is 4.90 Å². The van der Waals surface area contributed by atoms with Gasteiger partial charge in [-0.2, -0.15) is 0 Å². The Morgan fingerprint density at radius 2 is 2.40 bits per heavy atom. The molecular weight excluding hydrogens is 128 g/mol. The summed E-state index contributed by atoms with van der Waals surface area (Å²) >= 11 is 0. The van der Waals surface area contributed by atoms with E-state index in [0.717, 1.165) is 19.4 Å². The molecule has 3 heteroatoms. The molecule has 58 valence electrons. The number of hydrogen-bond donors (Lipinski definition) is 1. The number of likely N-dealkylation sites (N-methyl/N-ethyl adjacent to an activating group) is 1. The molecule has 10 heavy (non-hydrogen) atoms. The minimum atomic E-state index is 0.361. The van der Waals surface area contributed by atoms with E-state index in [9.17, 15) is 0 Å². The highest BCUT2D eigenvalue weighted by Crippen LogP contribution is 2.31. The fraction of sp³-hybridized carbons (Fsp3) is 1.00. The van der Waals surface area contributed by atoms with Gasteiger partial charge < -0.3 is 10.5 Å². The van der Waals surface area contributed by atoms with Crippen LogP contribution in [0, 0.1) is 0 Å². The Morgan fingerprint density at radius 1 is 1.60 bits per heavy atom. The van der Waals surface area contributed by atoms with Crippen molar-refractivity contribution in [3.63, 3.8) is 0 Å². The summed E-state index contributed by atoms with van der Waals surface area (Å²) in [6, 6.07) is 0.361. The van der Waals surface area contributed by atoms with Crippen LogP contribution in [0.5, 0.6) is 0 Å². The van der Waals surface area contributed by atoms with E-state index in [1.165, 1.54) is 0 Å². The van der Waals surface area contributed by atoms with Gasteiger partial charge in [0.2, 0.25) is 0 Å². The molecular formula is C7H14N2O. The average Bonchev–Trinajstić information content (AvgIpc) is 2.60. The summed E-state index contributed by atoms with van der Waals surface area (Å²) in [7, 11) is 2.10. The molecule has 2 aliphatic heterocycles. The zero-order valence-corrected chi connectivity index (χ0v) is 6.29. The van der Waals surface area contributed by atoms with Gasteiger partial charge in [-0.1, -0.05) is 0 Å². The van der Waals surface area contributed by atoms with Gasteiger partial charge in [0.1, 0.15) is 12.3 Å². The van der Waals surface area contributed by atoms with Crippen molar-refractivity contribution in [3.8, 4) is 0 Å². The maximum absolute atomic E-state index is 5.81. The van der Waals surface area contributed by atoms with E-state index in [4.69, 9.17) is 10.5 Å². The molecule has 3 atom stereocenters. The zero-order valence-electron chi connectivity index (χ0n) is 6.29. The van der Waals surface area contributed by atoms with Crippen LogP contribution in [0.2, 0.25) is 0 Å². The molecule has 2 heterocycles. The fourth-order valence-corrected chi connectivity index (χ4v) is 1.61. The van der Waals surface area contributed by atoms with Crippen LogP contribution in [0.3, 0.4) is 0 Å². The molecule has 2 N–H and O–H groups in total. The summed E-state index contributed by atoms with van der Waals surface area (Å²) in [5, 5.41) is 0. The van der Waals surface area contributed by atoms with Gasteiger partial charge in [0.15, 0.2) is 0 Å². The first-order valence-electron chi connectivity index (χ1n) is 3.88. The molecule has 0 saturated carbocycles. The second-order valence-electron chi connectivity index (χ2n) is 3.33. The third-order valence-electron chi connectivity index (χ3n) is 2.38. The van der Waals surface area contributed by atoms with Gasteiger partial charge in [-0.25, -0.2) is 0 Å². The fourth-order valence-electron chi connectivity index (χ4n) is 1.61. The summed E-state index contributed by atoms with van der Waals surface area (Å²) in [5.74, 6) is 0. The van der Waals surface area contributed by atoms with E-state index in [-0.39, 0.29) is 0 Å². The minimum absolute atomic E-state index is 0.361. The Kier molecular flexibility index (Phi) is 1.44. The molecule has 2 fully saturated rings. The highest BCUT2D eigenvalue weighted by molar-refractivity contribution is 4.90. The third-order valence-corrected chi connectivity index (χ3v) is 2.38. The number of hydrogen-bond acceptors (Lipinski definition) is 3. The molecule has 2 aliphatic rings. The van der Waals surface area contributed by atoms with Gasteiger partial charge in [0, 0.05) is 12.6 Å². The Hall–Kier alpha value is -0.120. The lowest BCUT2D eigenvalue weighted by atomic mass is 10.1. The normalized spacial score (nSPS) is 48.0. The highest BCUT2D eigenvalue weighted by Gasteiger charge is 2.44. The highest BCUT2D eigenvalue weighted by atomic mass is 16.6. The summed E-state index contributed by atoms with van der Waals surface area (Å²) in [6.07, 6.45) is 3.01. The van der Waals surface area contributed by atoms with Gasteiger partial charge in [0.05, 0.1) is 0 Å². The van der Waals surface area contributed by atoms with Crippen molar-refractivity contribution >= 4 is 0 Å². The lowest BCUT2D eigenvalue weighted by Gasteiger charge is -2.12. The average molecular weight is 142 g/mol. The van der Waals surface area contributed by atoms with Crippen LogP contribution in [-0.2, 0) is 4.74 Å². The van der Waals surface area contributed by atoms with Crippen LogP contribution in [0.25, 0.3) is 0 Å². The molecule has 0 aromatic carbocycles. The molecule has 0 spiro atoms. The summed E-state index contributed by atoms with van der Waals surface area (Å²) in [4.78, 5) is 2.25. The van der Waals surface area contributed by atoms with Crippen LogP contribution in [0.15, 0.2) is 0 Å². The first kappa shape index (κ1) is 6.58. The summed E-state index contributed by atoms with van der Waals surface area (Å²) in [6.45, 7) is 1.09. The second kappa shape index (κ2) is 2.19. The monoisotopic (exact) mass is 142 g/mol. The maximum atomic E-state index is 5.81. The number of nitrogens with zero attached hydrogens (tertiary/aromatic N) is 1. The molecule has 0 bridgehead atoms. The molecule has 0 amide bonds. The number of fused-ring (bicyclic) bond motifs is 1. The smallest absolute Gasteiger partial charge is 0.137 e. The van der Waals surface area contributed by atoms with E-state index in [2.05, 4.69) is 11.9 Å². The number of ether oxygens (including phenoxy) is 1. The van der Waals surface area contributed by atoms with E-state index in [0.29, 0.717) is 18.4 Å². The van der Waals surface area contributed by atoms with E-state index >= 15 is 0 Å². The molecule has 3 nitrogen and oxygen atoms in total. The van der Waals surface area contributed by atoms with Crippen molar-refractivity contribution in [1.29, 1.82) is 0 Å². The number of epoxide rings is 1. The second-order valence-corrected chi connectivity index (χ2v) is 3.33. The summed E-state index contributed by atoms with van der Waals surface area (Å²) in [5.41, 5.74) is 5.81. The van der Waals surface area contributed by atoms with E-state index < -0.39 is 0 Å². The van der Waals surface area contributed by atoms with Crippen LogP contribution >= 0.6 is 0 Å². The van der Waals surface area contributed by atoms with Crippen molar-refractivity contribution in [2.45, 2.75) is 31.2 Å². The Morgan fingerprint density at radius 3 is 3.20 bits per heavy atom. The minimum Gasteiger partial charge on any atom is -0.353 e. The Balaban J connectivity index is 1.97. The largest absolute Gasteiger partial charge is 0.353 e.